The Morgan fingerprint density at radius 3 is 2.68 bits per heavy atom. The average Bonchev–Trinajstić information content (AvgIpc) is 3.20. The lowest BCUT2D eigenvalue weighted by Crippen LogP contribution is -2.27. The van der Waals surface area contributed by atoms with Gasteiger partial charge >= 0.3 is 6.09 Å². The van der Waals surface area contributed by atoms with Crippen molar-refractivity contribution in [2.45, 2.75) is 38.3 Å². The summed E-state index contributed by atoms with van der Waals surface area (Å²) in [7, 11) is 0. The monoisotopic (exact) mass is 409 g/mol. The van der Waals surface area contributed by atoms with E-state index in [-0.39, 0.29) is 35.9 Å². The number of amides is 1. The summed E-state index contributed by atoms with van der Waals surface area (Å²) < 4.78 is 34.6. The number of tetrazole rings is 1. The van der Waals surface area contributed by atoms with Gasteiger partial charge in [0, 0.05) is 17.7 Å². The fraction of sp³-hybridized carbons (Fsp3) is 0.471. The fourth-order valence-electron chi connectivity index (χ4n) is 3.45. The summed E-state index contributed by atoms with van der Waals surface area (Å²) >= 11 is 1.18. The molecule has 2 aliphatic heterocycles. The Kier molecular flexibility index (Phi) is 5.00. The molecule has 4 rings (SSSR count). The number of thioether (sulfide) groups is 1. The Morgan fingerprint density at radius 1 is 1.29 bits per heavy atom. The van der Waals surface area contributed by atoms with Crippen molar-refractivity contribution >= 4 is 28.7 Å². The SMILES string of the molecule is Cc1nnn(C[C@H]2CN(c3cc(F)c(C4CCSC(=O)C4)c(F)c3)C(=O)O2)n1. The maximum atomic E-state index is 14.7. The van der Waals surface area contributed by atoms with Crippen molar-refractivity contribution in [1.29, 1.82) is 0 Å². The van der Waals surface area contributed by atoms with Gasteiger partial charge in [-0.25, -0.2) is 13.6 Å². The summed E-state index contributed by atoms with van der Waals surface area (Å²) in [5, 5.41) is 11.5. The van der Waals surface area contributed by atoms with Gasteiger partial charge in [0.05, 0.1) is 12.2 Å². The van der Waals surface area contributed by atoms with E-state index < -0.39 is 29.7 Å². The van der Waals surface area contributed by atoms with E-state index in [0.29, 0.717) is 18.0 Å². The molecule has 3 heterocycles. The molecule has 148 valence electrons. The number of aryl methyl sites for hydroxylation is 1. The molecule has 1 amide bonds. The second-order valence-electron chi connectivity index (χ2n) is 6.74. The minimum absolute atomic E-state index is 0.0675. The molecular formula is C17H17F2N5O3S. The van der Waals surface area contributed by atoms with E-state index >= 15 is 0 Å². The first-order chi connectivity index (χ1) is 13.4. The molecule has 0 radical (unpaired) electrons. The first-order valence-corrected chi connectivity index (χ1v) is 9.76. The van der Waals surface area contributed by atoms with E-state index in [2.05, 4.69) is 15.4 Å². The molecule has 2 aliphatic rings. The van der Waals surface area contributed by atoms with E-state index in [1.54, 1.807) is 6.92 Å². The van der Waals surface area contributed by atoms with E-state index in [1.165, 1.54) is 21.5 Å². The molecule has 0 saturated carbocycles. The van der Waals surface area contributed by atoms with Crippen molar-refractivity contribution in [1.82, 2.24) is 20.2 Å². The highest BCUT2D eigenvalue weighted by atomic mass is 32.2. The first kappa shape index (κ1) is 18.8. The molecule has 8 nitrogen and oxygen atoms in total. The summed E-state index contributed by atoms with van der Waals surface area (Å²) in [6.07, 6.45) is -0.630. The van der Waals surface area contributed by atoms with Gasteiger partial charge in [0.25, 0.3) is 0 Å². The number of halogens is 2. The third-order valence-corrected chi connectivity index (χ3v) is 5.65. The largest absolute Gasteiger partial charge is 0.442 e. The van der Waals surface area contributed by atoms with Crippen molar-refractivity contribution in [3.05, 3.63) is 35.2 Å². The zero-order chi connectivity index (χ0) is 19.8. The van der Waals surface area contributed by atoms with Gasteiger partial charge in [0.15, 0.2) is 10.9 Å². The minimum atomic E-state index is -0.760. The summed E-state index contributed by atoms with van der Waals surface area (Å²) in [6, 6.07) is 2.23. The number of benzene rings is 1. The van der Waals surface area contributed by atoms with Crippen LogP contribution < -0.4 is 4.90 Å². The Morgan fingerprint density at radius 2 is 2.04 bits per heavy atom. The Hall–Kier alpha value is -2.56. The lowest BCUT2D eigenvalue weighted by atomic mass is 9.92. The topological polar surface area (TPSA) is 90.2 Å². The quantitative estimate of drug-likeness (QED) is 0.766. The fourth-order valence-corrected chi connectivity index (χ4v) is 4.40. The molecular weight excluding hydrogens is 392 g/mol. The van der Waals surface area contributed by atoms with Gasteiger partial charge in [-0.05, 0) is 36.6 Å². The molecule has 0 spiro atoms. The molecule has 2 fully saturated rings. The van der Waals surface area contributed by atoms with Crippen molar-refractivity contribution in [3.63, 3.8) is 0 Å². The Balaban J connectivity index is 1.52. The van der Waals surface area contributed by atoms with Crippen molar-refractivity contribution in [3.8, 4) is 0 Å². The number of cyclic esters (lactones) is 1. The standard InChI is InChI=1S/C17H17F2N5O3S/c1-9-20-22-24(21-9)8-12-7-23(17(26)27-12)11-5-13(18)16(14(19)6-11)10-2-3-28-15(25)4-10/h5-6,10,12H,2-4,7-8H2,1H3/t10?,12-/m1/s1. The van der Waals surface area contributed by atoms with Gasteiger partial charge in [-0.1, -0.05) is 11.8 Å². The van der Waals surface area contributed by atoms with Crippen LogP contribution in [0.25, 0.3) is 0 Å². The van der Waals surface area contributed by atoms with Crippen molar-refractivity contribution < 1.29 is 23.1 Å². The molecule has 2 aromatic rings. The lowest BCUT2D eigenvalue weighted by Gasteiger charge is -2.23. The third-order valence-electron chi connectivity index (χ3n) is 4.72. The van der Waals surface area contributed by atoms with E-state index in [9.17, 15) is 18.4 Å². The van der Waals surface area contributed by atoms with Gasteiger partial charge in [-0.3, -0.25) is 9.69 Å². The number of nitrogens with zero attached hydrogens (tertiary/aromatic N) is 5. The lowest BCUT2D eigenvalue weighted by molar-refractivity contribution is -0.111. The van der Waals surface area contributed by atoms with Crippen LogP contribution in [0.15, 0.2) is 12.1 Å². The summed E-state index contributed by atoms with van der Waals surface area (Å²) in [4.78, 5) is 26.3. The first-order valence-electron chi connectivity index (χ1n) is 8.78. The number of hydrogen-bond donors (Lipinski definition) is 0. The maximum Gasteiger partial charge on any atom is 0.414 e. The highest BCUT2D eigenvalue weighted by Crippen LogP contribution is 2.37. The van der Waals surface area contributed by atoms with Crippen LogP contribution in [0.5, 0.6) is 0 Å². The molecule has 0 N–H and O–H groups in total. The highest BCUT2D eigenvalue weighted by Gasteiger charge is 2.35. The number of carbonyl (C=O) groups is 2. The Labute approximate surface area is 163 Å². The number of ether oxygens (including phenoxy) is 1. The van der Waals surface area contributed by atoms with Crippen molar-refractivity contribution in [2.75, 3.05) is 17.2 Å². The zero-order valence-electron chi connectivity index (χ0n) is 15.0. The molecule has 0 aliphatic carbocycles. The number of hydrogen-bond acceptors (Lipinski definition) is 7. The van der Waals surface area contributed by atoms with Gasteiger partial charge in [-0.15, -0.1) is 10.2 Å². The van der Waals surface area contributed by atoms with E-state index in [0.717, 1.165) is 12.1 Å². The predicted octanol–water partition coefficient (Wildman–Crippen LogP) is 2.42. The van der Waals surface area contributed by atoms with Crippen LogP contribution in [0.3, 0.4) is 0 Å². The third kappa shape index (κ3) is 3.71. The number of aromatic nitrogens is 4. The van der Waals surface area contributed by atoms with Crippen LogP contribution in [-0.4, -0.2) is 49.8 Å². The number of anilines is 1. The molecule has 1 aromatic carbocycles. The van der Waals surface area contributed by atoms with Gasteiger partial charge in [-0.2, -0.15) is 4.80 Å². The average molecular weight is 409 g/mol. The summed E-state index contributed by atoms with van der Waals surface area (Å²) in [5.41, 5.74) is -0.0192. The predicted molar refractivity (Wildman–Crippen MR) is 96.0 cm³/mol. The van der Waals surface area contributed by atoms with E-state index in [1.807, 2.05) is 0 Å². The van der Waals surface area contributed by atoms with Crippen LogP contribution in [0.1, 0.15) is 30.1 Å². The van der Waals surface area contributed by atoms with Crippen LogP contribution in [0.4, 0.5) is 19.3 Å². The molecule has 11 heteroatoms. The number of rotatable bonds is 4. The Bertz CT molecular complexity index is 914. The summed E-state index contributed by atoms with van der Waals surface area (Å²) in [6.45, 7) is 1.98. The molecule has 1 aromatic heterocycles. The molecule has 28 heavy (non-hydrogen) atoms. The van der Waals surface area contributed by atoms with Crippen LogP contribution in [-0.2, 0) is 16.1 Å². The number of carbonyl (C=O) groups excluding carboxylic acids is 2. The maximum absolute atomic E-state index is 14.7. The van der Waals surface area contributed by atoms with E-state index in [4.69, 9.17) is 4.74 Å². The van der Waals surface area contributed by atoms with Gasteiger partial charge in [0.1, 0.15) is 24.3 Å². The highest BCUT2D eigenvalue weighted by molar-refractivity contribution is 8.13. The molecule has 1 unspecified atom stereocenters. The summed E-state index contributed by atoms with van der Waals surface area (Å²) in [5.74, 6) is -0.975. The second-order valence-corrected chi connectivity index (χ2v) is 7.89. The second kappa shape index (κ2) is 7.46. The molecule has 2 saturated heterocycles. The zero-order valence-corrected chi connectivity index (χ0v) is 15.8. The molecule has 0 bridgehead atoms. The van der Waals surface area contributed by atoms with Gasteiger partial charge < -0.3 is 4.74 Å². The minimum Gasteiger partial charge on any atom is -0.442 e. The normalized spacial score (nSPS) is 22.6. The van der Waals surface area contributed by atoms with Crippen LogP contribution in [0, 0.1) is 18.6 Å². The van der Waals surface area contributed by atoms with Crippen molar-refractivity contribution in [2.24, 2.45) is 0 Å². The van der Waals surface area contributed by atoms with Crippen LogP contribution >= 0.6 is 11.8 Å². The molecule has 2 atom stereocenters. The van der Waals surface area contributed by atoms with Gasteiger partial charge in [0.2, 0.25) is 0 Å². The smallest absolute Gasteiger partial charge is 0.414 e. The van der Waals surface area contributed by atoms with Crippen LogP contribution in [0.2, 0.25) is 0 Å².